The Morgan fingerprint density at radius 1 is 0.900 bits per heavy atom. The molecule has 0 aromatic carbocycles. The van der Waals surface area contributed by atoms with Crippen LogP contribution in [0.25, 0.3) is 0 Å². The molecular weight excluding hydrogens is 659 g/mol. The number of alkyl halides is 3. The fourth-order valence-electron chi connectivity index (χ4n) is 4.12. The number of carbonyl (C=O) groups is 6. The number of amides is 5. The van der Waals surface area contributed by atoms with Crippen LogP contribution < -0.4 is 21.3 Å². The first-order valence-corrected chi connectivity index (χ1v) is 17.3. The highest BCUT2D eigenvalue weighted by Gasteiger charge is 2.43. The molecule has 1 aliphatic heterocycles. The number of nitrogens with zero attached hydrogens (tertiary/aromatic N) is 1. The molecule has 15 heteroatoms. The summed E-state index contributed by atoms with van der Waals surface area (Å²) in [6, 6.07) is -4.67. The minimum atomic E-state index is -3.96. The Hall–Kier alpha value is -3.65. The molecule has 4 N–H and O–H groups in total. The van der Waals surface area contributed by atoms with Crippen molar-refractivity contribution in [2.75, 3.05) is 13.1 Å². The summed E-state index contributed by atoms with van der Waals surface area (Å²) in [5.74, 6) is -3.57. The number of ketones is 1. The SMILES string of the molecule is C=CCNC(=O)C(=O)C(C)NC(=O)C1CCCN1C(=O)C(NC(=O)NC(C(=O)OC(C)(C)C)C(C)C)C(C)(C)C.CC.CC.CCC(F)(F)F. The number of halogens is 3. The third-order valence-corrected chi connectivity index (χ3v) is 6.62. The molecule has 0 aliphatic carbocycles. The summed E-state index contributed by atoms with van der Waals surface area (Å²) in [7, 11) is 0. The Morgan fingerprint density at radius 2 is 1.40 bits per heavy atom. The van der Waals surface area contributed by atoms with Gasteiger partial charge in [-0.1, -0.05) is 75.3 Å². The van der Waals surface area contributed by atoms with E-state index in [0.717, 1.165) is 6.92 Å². The average molecular weight is 724 g/mol. The van der Waals surface area contributed by atoms with Gasteiger partial charge in [0.15, 0.2) is 0 Å². The van der Waals surface area contributed by atoms with Crippen molar-refractivity contribution in [3.05, 3.63) is 12.7 Å². The van der Waals surface area contributed by atoms with Gasteiger partial charge in [-0.05, 0) is 51.9 Å². The van der Waals surface area contributed by atoms with Crippen LogP contribution in [0.4, 0.5) is 18.0 Å². The molecule has 0 spiro atoms. The van der Waals surface area contributed by atoms with Gasteiger partial charge in [-0.25, -0.2) is 9.59 Å². The summed E-state index contributed by atoms with van der Waals surface area (Å²) in [6.07, 6.45) is -2.36. The first kappa shape index (κ1) is 50.7. The van der Waals surface area contributed by atoms with E-state index >= 15 is 0 Å². The van der Waals surface area contributed by atoms with Crippen molar-refractivity contribution in [1.82, 2.24) is 26.2 Å². The fraction of sp³-hybridized carbons (Fsp3) is 0.771. The molecule has 1 heterocycles. The zero-order chi connectivity index (χ0) is 40.2. The zero-order valence-corrected chi connectivity index (χ0v) is 32.6. The van der Waals surface area contributed by atoms with Gasteiger partial charge in [-0.2, -0.15) is 13.2 Å². The average Bonchev–Trinajstić information content (AvgIpc) is 3.51. The second-order valence-corrected chi connectivity index (χ2v) is 13.4. The van der Waals surface area contributed by atoms with Crippen LogP contribution >= 0.6 is 0 Å². The molecule has 1 saturated heterocycles. The molecular formula is C35H64F3N5O7. The van der Waals surface area contributed by atoms with Gasteiger partial charge in [-0.3, -0.25) is 19.2 Å². The van der Waals surface area contributed by atoms with E-state index in [9.17, 15) is 41.9 Å². The number of urea groups is 1. The van der Waals surface area contributed by atoms with Crippen LogP contribution in [0.15, 0.2) is 12.7 Å². The molecule has 12 nitrogen and oxygen atoms in total. The van der Waals surface area contributed by atoms with Gasteiger partial charge in [0.1, 0.15) is 23.7 Å². The van der Waals surface area contributed by atoms with E-state index in [1.165, 1.54) is 17.9 Å². The molecule has 0 aromatic rings. The Labute approximate surface area is 297 Å². The van der Waals surface area contributed by atoms with Gasteiger partial charge < -0.3 is 30.9 Å². The number of likely N-dealkylation sites (tertiary alicyclic amines) is 1. The third kappa shape index (κ3) is 20.1. The summed E-state index contributed by atoms with van der Waals surface area (Å²) in [5.41, 5.74) is -1.49. The first-order valence-electron chi connectivity index (χ1n) is 17.3. The molecule has 1 fully saturated rings. The van der Waals surface area contributed by atoms with Gasteiger partial charge in [0, 0.05) is 19.5 Å². The fourth-order valence-corrected chi connectivity index (χ4v) is 4.12. The van der Waals surface area contributed by atoms with Crippen LogP contribution in [0.3, 0.4) is 0 Å². The highest BCUT2D eigenvalue weighted by Crippen LogP contribution is 2.26. The van der Waals surface area contributed by atoms with Crippen LogP contribution in [-0.2, 0) is 28.7 Å². The molecule has 0 saturated carbocycles. The van der Waals surface area contributed by atoms with Crippen LogP contribution in [-0.4, -0.2) is 89.4 Å². The van der Waals surface area contributed by atoms with Crippen LogP contribution in [0.5, 0.6) is 0 Å². The lowest BCUT2D eigenvalue weighted by atomic mass is 9.85. The summed E-state index contributed by atoms with van der Waals surface area (Å²) >= 11 is 0. The van der Waals surface area contributed by atoms with Crippen molar-refractivity contribution in [1.29, 1.82) is 0 Å². The van der Waals surface area contributed by atoms with Gasteiger partial charge in [-0.15, -0.1) is 6.58 Å². The number of hydrogen-bond acceptors (Lipinski definition) is 7. The molecule has 4 atom stereocenters. The van der Waals surface area contributed by atoms with E-state index in [1.54, 1.807) is 55.4 Å². The number of Topliss-reactive ketones (excluding diaryl/α,β-unsaturated/α-hetero) is 1. The van der Waals surface area contributed by atoms with E-state index in [1.807, 2.05) is 27.7 Å². The third-order valence-electron chi connectivity index (χ3n) is 6.62. The van der Waals surface area contributed by atoms with Gasteiger partial charge in [0.25, 0.3) is 5.91 Å². The number of nitrogens with one attached hydrogen (secondary N) is 4. The van der Waals surface area contributed by atoms with Crippen molar-refractivity contribution in [2.45, 2.75) is 152 Å². The number of esters is 1. The largest absolute Gasteiger partial charge is 0.458 e. The minimum absolute atomic E-state index is 0.112. The highest BCUT2D eigenvalue weighted by molar-refractivity contribution is 6.38. The predicted octanol–water partition coefficient (Wildman–Crippen LogP) is 5.44. The molecule has 0 bridgehead atoms. The summed E-state index contributed by atoms with van der Waals surface area (Å²) < 4.78 is 37.8. The Morgan fingerprint density at radius 3 is 1.80 bits per heavy atom. The summed E-state index contributed by atoms with van der Waals surface area (Å²) in [4.78, 5) is 78.1. The van der Waals surface area contributed by atoms with E-state index in [4.69, 9.17) is 4.74 Å². The van der Waals surface area contributed by atoms with E-state index in [-0.39, 0.29) is 19.0 Å². The van der Waals surface area contributed by atoms with Crippen molar-refractivity contribution in [2.24, 2.45) is 11.3 Å². The van der Waals surface area contributed by atoms with E-state index < -0.39 is 83.3 Å². The van der Waals surface area contributed by atoms with Crippen molar-refractivity contribution < 1.29 is 46.7 Å². The van der Waals surface area contributed by atoms with E-state index in [2.05, 4.69) is 27.8 Å². The maximum Gasteiger partial charge on any atom is 0.388 e. The lowest BCUT2D eigenvalue weighted by Gasteiger charge is -2.36. The van der Waals surface area contributed by atoms with Crippen molar-refractivity contribution in [3.8, 4) is 0 Å². The monoisotopic (exact) mass is 723 g/mol. The first-order chi connectivity index (χ1) is 22.9. The van der Waals surface area contributed by atoms with Gasteiger partial charge >= 0.3 is 18.2 Å². The molecule has 5 amide bonds. The van der Waals surface area contributed by atoms with Gasteiger partial charge in [0.05, 0.1) is 6.04 Å². The highest BCUT2D eigenvalue weighted by atomic mass is 19.4. The van der Waals surface area contributed by atoms with Crippen LogP contribution in [0.2, 0.25) is 0 Å². The predicted molar refractivity (Wildman–Crippen MR) is 189 cm³/mol. The molecule has 1 rings (SSSR count). The molecule has 0 radical (unpaired) electrons. The van der Waals surface area contributed by atoms with E-state index in [0.29, 0.717) is 12.8 Å². The smallest absolute Gasteiger partial charge is 0.388 e. The molecule has 0 aromatic heterocycles. The normalized spacial score (nSPS) is 15.9. The zero-order valence-electron chi connectivity index (χ0n) is 32.6. The number of carbonyl (C=O) groups excluding carboxylic acids is 6. The Kier molecular flexibility index (Phi) is 24.0. The topological polar surface area (TPSA) is 163 Å². The summed E-state index contributed by atoms with van der Waals surface area (Å²) in [6.45, 7) is 28.4. The Bertz CT molecular complexity index is 1100. The molecule has 50 heavy (non-hydrogen) atoms. The Balaban J connectivity index is -0.00000195. The summed E-state index contributed by atoms with van der Waals surface area (Å²) in [5, 5.41) is 10.2. The number of ether oxygens (including phenoxy) is 1. The van der Waals surface area contributed by atoms with Gasteiger partial charge in [0.2, 0.25) is 17.6 Å². The molecule has 4 unspecified atom stereocenters. The standard InChI is InChI=1S/C28H47N5O7.C3H5F3.2C2H6/c1-11-14-29-23(36)20(34)17(4)30-22(35)18-13-12-15-33(18)24(37)21(27(5,6)7)32-26(39)31-19(16(2)3)25(38)40-28(8,9)10;1-2-3(4,5)6;2*1-2/h11,16-19,21H,1,12-15H2,2-10H3,(H,29,36)(H,30,35)(H2,31,32,39);2H2,1H3;2*1-2H3. The lowest BCUT2D eigenvalue weighted by Crippen LogP contribution is -2.61. The maximum atomic E-state index is 13.7. The number of rotatable bonds is 11. The van der Waals surface area contributed by atoms with Crippen LogP contribution in [0, 0.1) is 11.3 Å². The molecule has 292 valence electrons. The van der Waals surface area contributed by atoms with Crippen LogP contribution in [0.1, 0.15) is 116 Å². The number of hydrogen-bond donors (Lipinski definition) is 4. The van der Waals surface area contributed by atoms with Crippen molar-refractivity contribution in [3.63, 3.8) is 0 Å². The minimum Gasteiger partial charge on any atom is -0.458 e. The second kappa shape index (κ2) is 23.7. The second-order valence-electron chi connectivity index (χ2n) is 13.4. The maximum absolute atomic E-state index is 13.7. The van der Waals surface area contributed by atoms with Crippen molar-refractivity contribution >= 4 is 35.5 Å². The molecule has 1 aliphatic rings. The quantitative estimate of drug-likeness (QED) is 0.125. The lowest BCUT2D eigenvalue weighted by molar-refractivity contribution is -0.158.